The van der Waals surface area contributed by atoms with Crippen LogP contribution in [-0.2, 0) is 0 Å². The molecular formula is C9H5ClINS. The molecule has 13 heavy (non-hydrogen) atoms. The molecule has 0 aliphatic carbocycles. The Kier molecular flexibility index (Phi) is 2.86. The maximum Gasteiger partial charge on any atom is 0.119 e. The van der Waals surface area contributed by atoms with Crippen LogP contribution in [0.4, 0.5) is 0 Å². The third-order valence-electron chi connectivity index (χ3n) is 1.60. The third kappa shape index (κ3) is 2.03. The zero-order valence-corrected chi connectivity index (χ0v) is 10.2. The Hall–Kier alpha value is -0.130. The highest BCUT2D eigenvalue weighted by atomic mass is 127. The lowest BCUT2D eigenvalue weighted by Crippen LogP contribution is -1.82. The van der Waals surface area contributed by atoms with Gasteiger partial charge in [0.15, 0.2) is 0 Å². The Morgan fingerprint density at radius 2 is 2.31 bits per heavy atom. The van der Waals surface area contributed by atoms with Crippen molar-refractivity contribution in [2.75, 3.05) is 0 Å². The van der Waals surface area contributed by atoms with Crippen LogP contribution in [0.25, 0.3) is 10.4 Å². The maximum absolute atomic E-state index is 5.97. The summed E-state index contributed by atoms with van der Waals surface area (Å²) in [5.74, 6) is 0. The van der Waals surface area contributed by atoms with E-state index in [2.05, 4.69) is 33.6 Å². The molecule has 66 valence electrons. The van der Waals surface area contributed by atoms with Crippen LogP contribution in [0.2, 0.25) is 5.02 Å². The summed E-state index contributed by atoms with van der Waals surface area (Å²) in [4.78, 5) is 5.40. The number of halogens is 2. The van der Waals surface area contributed by atoms with Crippen LogP contribution >= 0.6 is 45.5 Å². The molecule has 0 saturated heterocycles. The van der Waals surface area contributed by atoms with Gasteiger partial charge < -0.3 is 0 Å². The van der Waals surface area contributed by atoms with Crippen LogP contribution in [0.3, 0.4) is 0 Å². The van der Waals surface area contributed by atoms with Gasteiger partial charge in [0.25, 0.3) is 0 Å². The summed E-state index contributed by atoms with van der Waals surface area (Å²) in [6.45, 7) is 0. The van der Waals surface area contributed by atoms with Crippen molar-refractivity contribution in [2.45, 2.75) is 0 Å². The predicted octanol–water partition coefficient (Wildman–Crippen LogP) is 4.07. The van der Waals surface area contributed by atoms with Gasteiger partial charge in [-0.05, 0) is 40.1 Å². The highest BCUT2D eigenvalue weighted by Gasteiger charge is 2.02. The van der Waals surface area contributed by atoms with Gasteiger partial charge in [-0.1, -0.05) is 17.7 Å². The molecule has 0 fully saturated rings. The average Bonchev–Trinajstić information content (AvgIpc) is 2.62. The van der Waals surface area contributed by atoms with Crippen LogP contribution in [0.15, 0.2) is 29.8 Å². The second kappa shape index (κ2) is 3.94. The second-order valence-corrected chi connectivity index (χ2v) is 4.85. The number of nitrogens with zero attached hydrogens (tertiary/aromatic N) is 1. The minimum Gasteiger partial charge on any atom is -0.248 e. The van der Waals surface area contributed by atoms with Crippen LogP contribution in [0.1, 0.15) is 0 Å². The van der Waals surface area contributed by atoms with Crippen LogP contribution < -0.4 is 0 Å². The van der Waals surface area contributed by atoms with Crippen molar-refractivity contribution in [1.82, 2.24) is 4.98 Å². The first-order chi connectivity index (χ1) is 6.27. The fourth-order valence-electron chi connectivity index (χ4n) is 0.999. The molecule has 0 saturated carbocycles. The van der Waals surface area contributed by atoms with Crippen molar-refractivity contribution in [1.29, 1.82) is 0 Å². The van der Waals surface area contributed by atoms with E-state index in [-0.39, 0.29) is 0 Å². The number of aromatic nitrogens is 1. The fourth-order valence-corrected chi connectivity index (χ4v) is 2.17. The van der Waals surface area contributed by atoms with E-state index in [1.807, 2.05) is 23.7 Å². The molecule has 0 aromatic carbocycles. The highest BCUT2D eigenvalue weighted by Crippen LogP contribution is 2.27. The molecule has 2 aromatic heterocycles. The van der Waals surface area contributed by atoms with Gasteiger partial charge >= 0.3 is 0 Å². The highest BCUT2D eigenvalue weighted by molar-refractivity contribution is 14.1. The molecule has 4 heteroatoms. The minimum atomic E-state index is 0.714. The van der Waals surface area contributed by atoms with Gasteiger partial charge in [0.1, 0.15) is 3.70 Å². The van der Waals surface area contributed by atoms with E-state index >= 15 is 0 Å². The predicted molar refractivity (Wildman–Crippen MR) is 65.3 cm³/mol. The van der Waals surface area contributed by atoms with Crippen molar-refractivity contribution in [3.8, 4) is 10.4 Å². The monoisotopic (exact) mass is 321 g/mol. The van der Waals surface area contributed by atoms with E-state index in [9.17, 15) is 0 Å². The summed E-state index contributed by atoms with van der Waals surface area (Å²) < 4.78 is 0.847. The first-order valence-corrected chi connectivity index (χ1v) is 5.96. The molecule has 0 aliphatic heterocycles. The quantitative estimate of drug-likeness (QED) is 0.570. The molecule has 0 bridgehead atoms. The molecule has 2 aromatic rings. The lowest BCUT2D eigenvalue weighted by atomic mass is 10.2. The molecule has 0 atom stereocenters. The average molecular weight is 322 g/mol. The van der Waals surface area contributed by atoms with Gasteiger partial charge in [-0.25, -0.2) is 4.98 Å². The van der Waals surface area contributed by atoms with E-state index in [4.69, 9.17) is 11.6 Å². The maximum atomic E-state index is 5.97. The molecule has 0 N–H and O–H groups in total. The third-order valence-corrected chi connectivity index (χ3v) is 3.99. The molecule has 0 radical (unpaired) electrons. The van der Waals surface area contributed by atoms with E-state index in [0.29, 0.717) is 5.02 Å². The van der Waals surface area contributed by atoms with Gasteiger partial charge in [-0.2, -0.15) is 0 Å². The van der Waals surface area contributed by atoms with E-state index < -0.39 is 0 Å². The van der Waals surface area contributed by atoms with E-state index in [1.165, 1.54) is 4.88 Å². The Labute approximate surface area is 98.9 Å². The van der Waals surface area contributed by atoms with Crippen LogP contribution in [0.5, 0.6) is 0 Å². The number of thiophene rings is 1. The zero-order chi connectivity index (χ0) is 9.26. The fraction of sp³-hybridized carbons (Fsp3) is 0. The van der Waals surface area contributed by atoms with E-state index in [0.717, 1.165) is 9.26 Å². The number of hydrogen-bond acceptors (Lipinski definition) is 2. The SMILES string of the molecule is Clc1cc(-c2cccs2)cnc1I. The standard InChI is InChI=1S/C9H5ClINS/c10-7-4-6(5-12-9(7)11)8-2-1-3-13-8/h1-5H. The summed E-state index contributed by atoms with van der Waals surface area (Å²) in [5, 5.41) is 2.76. The lowest BCUT2D eigenvalue weighted by Gasteiger charge is -1.98. The minimum absolute atomic E-state index is 0.714. The molecule has 0 spiro atoms. The number of rotatable bonds is 1. The number of pyridine rings is 1. The van der Waals surface area contributed by atoms with Crippen LogP contribution in [0, 0.1) is 3.70 Å². The second-order valence-electron chi connectivity index (χ2n) is 2.47. The van der Waals surface area contributed by atoms with E-state index in [1.54, 1.807) is 11.3 Å². The summed E-state index contributed by atoms with van der Waals surface area (Å²) in [7, 11) is 0. The van der Waals surface area contributed by atoms with Crippen molar-refractivity contribution >= 4 is 45.5 Å². The van der Waals surface area contributed by atoms with Gasteiger partial charge in [-0.3, -0.25) is 0 Å². The first kappa shape index (κ1) is 9.43. The number of hydrogen-bond donors (Lipinski definition) is 0. The summed E-state index contributed by atoms with van der Waals surface area (Å²) in [6, 6.07) is 6.03. The smallest absolute Gasteiger partial charge is 0.119 e. The molecule has 2 rings (SSSR count). The molecule has 0 aliphatic rings. The zero-order valence-electron chi connectivity index (χ0n) is 6.50. The summed E-state index contributed by atoms with van der Waals surface area (Å²) >= 11 is 9.77. The Morgan fingerprint density at radius 1 is 1.46 bits per heavy atom. The molecule has 1 nitrogen and oxygen atoms in total. The van der Waals surface area contributed by atoms with Gasteiger partial charge in [0.2, 0.25) is 0 Å². The van der Waals surface area contributed by atoms with Gasteiger partial charge in [-0.15, -0.1) is 11.3 Å². The van der Waals surface area contributed by atoms with Crippen molar-refractivity contribution < 1.29 is 0 Å². The Morgan fingerprint density at radius 3 is 2.92 bits per heavy atom. The molecule has 0 unspecified atom stereocenters. The summed E-state index contributed by atoms with van der Waals surface area (Å²) in [6.07, 6.45) is 1.85. The Balaban J connectivity index is 2.49. The topological polar surface area (TPSA) is 12.9 Å². The van der Waals surface area contributed by atoms with Crippen LogP contribution in [-0.4, -0.2) is 4.98 Å². The van der Waals surface area contributed by atoms with Gasteiger partial charge in [0.05, 0.1) is 5.02 Å². The van der Waals surface area contributed by atoms with Crippen molar-refractivity contribution in [3.63, 3.8) is 0 Å². The molecule has 2 heterocycles. The molecule has 0 amide bonds. The lowest BCUT2D eigenvalue weighted by molar-refractivity contribution is 1.28. The van der Waals surface area contributed by atoms with Crippen molar-refractivity contribution in [3.05, 3.63) is 38.5 Å². The normalized spacial score (nSPS) is 10.3. The first-order valence-electron chi connectivity index (χ1n) is 3.62. The largest absolute Gasteiger partial charge is 0.248 e. The van der Waals surface area contributed by atoms with Gasteiger partial charge in [0, 0.05) is 16.6 Å². The molecular weight excluding hydrogens is 317 g/mol. The van der Waals surface area contributed by atoms with Crippen molar-refractivity contribution in [2.24, 2.45) is 0 Å². The Bertz CT molecular complexity index is 414. The summed E-state index contributed by atoms with van der Waals surface area (Å²) in [5.41, 5.74) is 1.08.